The van der Waals surface area contributed by atoms with E-state index < -0.39 is 18.2 Å². The van der Waals surface area contributed by atoms with Crippen LogP contribution in [-0.2, 0) is 16.0 Å². The number of hydrogen-bond donors (Lipinski definition) is 3. The predicted octanol–water partition coefficient (Wildman–Crippen LogP) is 7.28. The number of Topliss-reactive ketones (excluding diaryl/α,β-unsaturated/α-hetero) is 1. The Balaban J connectivity index is 1.54. The minimum Gasteiger partial charge on any atom is -0.457 e. The van der Waals surface area contributed by atoms with Gasteiger partial charge < -0.3 is 20.5 Å². The molecule has 3 aromatic carbocycles. The van der Waals surface area contributed by atoms with Gasteiger partial charge in [-0.25, -0.2) is 0 Å². The largest absolute Gasteiger partial charge is 0.457 e. The average Bonchev–Trinajstić information content (AvgIpc) is 3.07. The smallest absolute Gasteiger partial charge is 0.251 e. The maximum Gasteiger partial charge on any atom is 0.251 e. The van der Waals surface area contributed by atoms with Gasteiger partial charge in [0.25, 0.3) is 5.91 Å². The van der Waals surface area contributed by atoms with Crippen molar-refractivity contribution in [3.63, 3.8) is 0 Å². The summed E-state index contributed by atoms with van der Waals surface area (Å²) in [7, 11) is 0. The van der Waals surface area contributed by atoms with Gasteiger partial charge >= 0.3 is 0 Å². The highest BCUT2D eigenvalue weighted by Crippen LogP contribution is 2.36. The number of benzene rings is 3. The molecule has 1 fully saturated rings. The van der Waals surface area contributed by atoms with Crippen molar-refractivity contribution in [1.29, 1.82) is 0 Å². The van der Waals surface area contributed by atoms with Crippen LogP contribution in [0.15, 0.2) is 84.9 Å². The molecule has 4 rings (SSSR count). The van der Waals surface area contributed by atoms with Crippen molar-refractivity contribution < 1.29 is 24.2 Å². The summed E-state index contributed by atoms with van der Waals surface area (Å²) in [5.41, 5.74) is 1.44. The first-order valence-corrected chi connectivity index (χ1v) is 16.9. The monoisotopic (exact) mass is 626 g/mol. The van der Waals surface area contributed by atoms with Crippen LogP contribution in [0, 0.1) is 17.8 Å². The van der Waals surface area contributed by atoms with Gasteiger partial charge in [-0.15, -0.1) is 0 Å². The van der Waals surface area contributed by atoms with Crippen molar-refractivity contribution in [3.05, 3.63) is 96.1 Å². The summed E-state index contributed by atoms with van der Waals surface area (Å²) >= 11 is 0. The van der Waals surface area contributed by atoms with Crippen LogP contribution in [0.5, 0.6) is 11.5 Å². The minimum atomic E-state index is -0.879. The molecule has 0 radical (unpaired) electrons. The number of nitrogens with one attached hydrogen (secondary N) is 2. The van der Waals surface area contributed by atoms with Crippen LogP contribution in [-0.4, -0.2) is 40.9 Å². The van der Waals surface area contributed by atoms with Crippen LogP contribution < -0.4 is 15.4 Å². The Morgan fingerprint density at radius 2 is 1.52 bits per heavy atom. The summed E-state index contributed by atoms with van der Waals surface area (Å²) in [6.07, 6.45) is 6.45. The molecule has 7 heteroatoms. The molecule has 0 spiro atoms. The van der Waals surface area contributed by atoms with Crippen LogP contribution in [0.1, 0.15) is 88.1 Å². The number of aliphatic hydroxyl groups is 1. The fourth-order valence-electron chi connectivity index (χ4n) is 6.63. The molecular weight excluding hydrogens is 576 g/mol. The van der Waals surface area contributed by atoms with E-state index in [9.17, 15) is 19.5 Å². The number of hydrogen-bond acceptors (Lipinski definition) is 5. The molecule has 1 saturated carbocycles. The van der Waals surface area contributed by atoms with E-state index in [0.29, 0.717) is 42.2 Å². The lowest BCUT2D eigenvalue weighted by Crippen LogP contribution is -2.47. The number of rotatable bonds is 16. The molecular formula is C39H50N2O5. The third-order valence-corrected chi connectivity index (χ3v) is 9.40. The van der Waals surface area contributed by atoms with Crippen LogP contribution in [0.3, 0.4) is 0 Å². The normalized spacial score (nSPS) is 16.8. The van der Waals surface area contributed by atoms with E-state index in [4.69, 9.17) is 4.74 Å². The highest BCUT2D eigenvalue weighted by atomic mass is 16.5. The SMILES string of the molecule is CCC(C)[C@H](NC(C)=O)C(=O)C[C@H](C[C@H](O)[C@H](Cc1ccccc1)NC(=O)c1cccc(Oc2ccccc2)c1)C1CCCCC1. The van der Waals surface area contributed by atoms with Crippen molar-refractivity contribution in [2.45, 2.75) is 96.7 Å². The summed E-state index contributed by atoms with van der Waals surface area (Å²) in [6.45, 7) is 5.47. The van der Waals surface area contributed by atoms with Crippen LogP contribution in [0.25, 0.3) is 0 Å². The Hall–Kier alpha value is -3.97. The quantitative estimate of drug-likeness (QED) is 0.155. The molecule has 0 heterocycles. The van der Waals surface area contributed by atoms with Gasteiger partial charge in [0.2, 0.25) is 5.91 Å². The van der Waals surface area contributed by atoms with E-state index in [0.717, 1.165) is 37.7 Å². The molecule has 0 bridgehead atoms. The molecule has 5 atom stereocenters. The van der Waals surface area contributed by atoms with Gasteiger partial charge in [0.1, 0.15) is 11.5 Å². The Bertz CT molecular complexity index is 1390. The second-order valence-electron chi connectivity index (χ2n) is 12.9. The summed E-state index contributed by atoms with van der Waals surface area (Å²) in [5, 5.41) is 17.9. The highest BCUT2D eigenvalue weighted by molar-refractivity contribution is 5.94. The molecule has 0 saturated heterocycles. The lowest BCUT2D eigenvalue weighted by molar-refractivity contribution is -0.129. The van der Waals surface area contributed by atoms with Crippen LogP contribution >= 0.6 is 0 Å². The van der Waals surface area contributed by atoms with Crippen molar-refractivity contribution in [2.75, 3.05) is 0 Å². The Morgan fingerprint density at radius 3 is 2.17 bits per heavy atom. The standard InChI is InChI=1S/C39H50N2O5/c1-4-27(2)38(40-28(3)42)37(44)26-32(30-17-10-6-11-18-30)25-36(43)35(23-29-15-8-5-9-16-29)41-39(45)31-19-14-22-34(24-31)46-33-20-12-7-13-21-33/h5,7-9,12-16,19-22,24,27,30,32,35-36,38,43H,4,6,10-11,17-18,23,25-26H2,1-3H3,(H,40,42)(H,41,45)/t27?,32-,35-,36-,38-/m0/s1. The fraction of sp³-hybridized carbons (Fsp3) is 0.462. The number of ketones is 1. The van der Waals surface area contributed by atoms with E-state index in [1.54, 1.807) is 24.3 Å². The Kier molecular flexibility index (Phi) is 13.4. The fourth-order valence-corrected chi connectivity index (χ4v) is 6.63. The average molecular weight is 627 g/mol. The molecule has 1 aliphatic rings. The number of amides is 2. The Labute approximate surface area is 274 Å². The summed E-state index contributed by atoms with van der Waals surface area (Å²) in [5.74, 6) is 0.997. The van der Waals surface area contributed by atoms with E-state index in [1.165, 1.54) is 13.3 Å². The number of ether oxygens (including phenoxy) is 1. The zero-order chi connectivity index (χ0) is 32.9. The minimum absolute atomic E-state index is 0.0140. The molecule has 0 aromatic heterocycles. The lowest BCUT2D eigenvalue weighted by Gasteiger charge is -2.35. The third kappa shape index (κ3) is 10.5. The van der Waals surface area contributed by atoms with Crippen molar-refractivity contribution in [2.24, 2.45) is 17.8 Å². The molecule has 7 nitrogen and oxygen atoms in total. The van der Waals surface area contributed by atoms with Crippen molar-refractivity contribution in [3.8, 4) is 11.5 Å². The van der Waals surface area contributed by atoms with E-state index >= 15 is 0 Å². The number of carbonyl (C=O) groups excluding carboxylic acids is 3. The lowest BCUT2D eigenvalue weighted by atomic mass is 9.73. The predicted molar refractivity (Wildman–Crippen MR) is 182 cm³/mol. The summed E-state index contributed by atoms with van der Waals surface area (Å²) in [4.78, 5) is 39.4. The molecule has 1 aliphatic carbocycles. The second kappa shape index (κ2) is 17.7. The first-order valence-electron chi connectivity index (χ1n) is 16.9. The van der Waals surface area contributed by atoms with Gasteiger partial charge in [-0.05, 0) is 66.5 Å². The van der Waals surface area contributed by atoms with Crippen LogP contribution in [0.2, 0.25) is 0 Å². The molecule has 3 aromatic rings. The molecule has 0 aliphatic heterocycles. The van der Waals surface area contributed by atoms with E-state index in [-0.39, 0.29) is 29.4 Å². The molecule has 246 valence electrons. The van der Waals surface area contributed by atoms with Crippen molar-refractivity contribution >= 4 is 17.6 Å². The Morgan fingerprint density at radius 1 is 0.870 bits per heavy atom. The van der Waals surface area contributed by atoms with E-state index in [2.05, 4.69) is 10.6 Å². The van der Waals surface area contributed by atoms with Crippen LogP contribution in [0.4, 0.5) is 0 Å². The molecule has 2 amide bonds. The van der Waals surface area contributed by atoms with Gasteiger partial charge in [0.05, 0.1) is 18.2 Å². The van der Waals surface area contributed by atoms with Gasteiger partial charge in [-0.2, -0.15) is 0 Å². The molecule has 46 heavy (non-hydrogen) atoms. The van der Waals surface area contributed by atoms with Crippen molar-refractivity contribution in [1.82, 2.24) is 10.6 Å². The maximum atomic E-state index is 13.7. The number of aliphatic hydroxyl groups excluding tert-OH is 1. The second-order valence-corrected chi connectivity index (χ2v) is 12.9. The van der Waals surface area contributed by atoms with E-state index in [1.807, 2.05) is 74.5 Å². The number of para-hydroxylation sites is 1. The molecule has 3 N–H and O–H groups in total. The highest BCUT2D eigenvalue weighted by Gasteiger charge is 2.34. The van der Waals surface area contributed by atoms with Gasteiger partial charge in [0.15, 0.2) is 5.78 Å². The number of carbonyl (C=O) groups is 3. The van der Waals surface area contributed by atoms with Gasteiger partial charge in [-0.1, -0.05) is 107 Å². The summed E-state index contributed by atoms with van der Waals surface area (Å²) < 4.78 is 5.95. The zero-order valence-corrected chi connectivity index (χ0v) is 27.5. The first kappa shape index (κ1) is 34.9. The van der Waals surface area contributed by atoms with Gasteiger partial charge in [0, 0.05) is 18.9 Å². The summed E-state index contributed by atoms with van der Waals surface area (Å²) in [6, 6.07) is 25.1. The first-order chi connectivity index (χ1) is 22.2. The molecule has 1 unspecified atom stereocenters. The zero-order valence-electron chi connectivity index (χ0n) is 27.5. The maximum absolute atomic E-state index is 13.7. The van der Waals surface area contributed by atoms with Gasteiger partial charge in [-0.3, -0.25) is 14.4 Å². The third-order valence-electron chi connectivity index (χ3n) is 9.40. The topological polar surface area (TPSA) is 105 Å².